The number of hydroxylamine groups is 3. The molecule has 2 aromatic carbocycles. The monoisotopic (exact) mass is 2110 g/mol. The average Bonchev–Trinajstić information content (AvgIpc) is 1.63. The normalized spacial score (nSPS) is 30.6. The molecular formula is C100H166N12O36. The Bertz CT molecular complexity index is 4410. The number of aliphatic carboxylic acids is 1. The number of Topliss-reactive ketones (excluding diaryl/α,β-unsaturated/α-hetero) is 1. The number of likely N-dealkylation sites (tertiary alicyclic amines) is 8. The zero-order chi connectivity index (χ0) is 110. The van der Waals surface area contributed by atoms with E-state index in [1.165, 1.54) is 81.6 Å². The number of aryl methyl sites for hydroxylation is 1. The second-order valence-corrected chi connectivity index (χ2v) is 40.0. The topological polar surface area (TPSA) is 592 Å². The number of carboxylic acids is 1. The van der Waals surface area contributed by atoms with Gasteiger partial charge in [-0.1, -0.05) is 61.9 Å². The number of β-amino-alcohol motifs (C(OH)–C–C–N with tert-alkyl or cyclic N) is 7. The molecule has 0 bridgehead atoms. The van der Waals surface area contributed by atoms with Gasteiger partial charge in [0.1, 0.15) is 81.7 Å². The minimum absolute atomic E-state index is 0.0140. The molecule has 12 aliphatic rings. The summed E-state index contributed by atoms with van der Waals surface area (Å²) in [6.07, 6.45) is 11.9. The zero-order valence-corrected chi connectivity index (χ0v) is 89.3. The Hall–Kier alpha value is -8.53. The quantitative estimate of drug-likeness (QED) is 0.0183. The van der Waals surface area contributed by atoms with Gasteiger partial charge in [-0.2, -0.15) is 0 Å². The van der Waals surface area contributed by atoms with Crippen molar-refractivity contribution in [2.45, 2.75) is 248 Å². The van der Waals surface area contributed by atoms with E-state index in [4.69, 9.17) is 67.7 Å². The number of hydrogen-bond donors (Lipinski definition) is 13. The number of nitrogens with one attached hydrogen (secondary N) is 4. The van der Waals surface area contributed by atoms with Gasteiger partial charge in [-0.25, -0.2) is 31.0 Å². The smallest absolute Gasteiger partial charge is 0.323 e. The van der Waals surface area contributed by atoms with Crippen molar-refractivity contribution < 1.29 is 175 Å². The standard InChI is InChI=1S/C28H36N2O6.C13H24N2O5.C12H22N2O5.C9H17NO4.2C8H15NO4.C8H13NO2.C7H13NO3.C7H11NO3/c1-3-6-20-8-10-21(11-9-20)22-12-14-23(15-13-22)27(32)30-18-28(33,19-34-2)17-24(30)26(31)29-36-25-7-4-5-16-35-25;1-15-8-13(17,9-18-2)7-10(15)12(16)14-20-11-5-3-4-6-19-11;1-17-8-12(16)6-9(13-7-12)11(15)14-19-10-4-2-3-5-18-10;1-10-5-9(12,6-13-2)4-7(10)8(11)14-3;1-9-4-8(12,5-13-2)3-6(9)7(10)11;1-9-4-8(12,5-10)3-6(9)7(11)13-2;1-6-4-7(8(10)11-3)9(2)5-6;2*1-8-4-5(9)3-6(8)7(10)11-2/h8-15,24-25,33H,3-7,16-19H2,1-2H3,(H,29,31);10-11,17H,3-9H2,1-2H3,(H,14,16);9-10,13,16H,2-8H2,1H3,(H,14,15);7,12H,4-6H2,1-3H3;6,12H,3-5H2,1-2H3,(H,10,11);6,10,12H,3-5H2,1-2H3;7H,1,4-5H2,2-3H3;5-6,9H,3-4H2,1-2H3;6H,3-4H2,1-2H3/t24-,25?,28+;10-,11?,13+;9-,10?,12+;7-,9+;2*6-,8+;7-;5-,6+;6-/m000000010/s1. The fraction of sp³-hybridized carbons (Fsp3) is 0.750. The summed E-state index contributed by atoms with van der Waals surface area (Å²) in [6.45, 7) is 11.9. The molecule has 0 radical (unpaired) electrons. The second kappa shape index (κ2) is 62.6. The number of carboxylic acid groups (broad SMARTS) is 1. The van der Waals surface area contributed by atoms with Gasteiger partial charge >= 0.3 is 35.8 Å². The second-order valence-electron chi connectivity index (χ2n) is 40.0. The molecule has 0 spiro atoms. The fourth-order valence-corrected chi connectivity index (χ4v) is 19.5. The molecule has 19 atom stereocenters. The highest BCUT2D eigenvalue weighted by atomic mass is 16.8. The first-order chi connectivity index (χ1) is 70.1. The number of likely N-dealkylation sites (N-methyl/N-ethyl adjacent to an activating group) is 7. The molecule has 12 heterocycles. The molecule has 12 aliphatic heterocycles. The SMILES string of the molecule is C=C1C[C@@H](C(=O)OC)N(C)C1.CCCc1ccc(-c2ccc(C(=O)N3C[C@@](O)(COC)C[C@H]3C(=O)NOC3CCCCO3)cc2)cc1.COC(=O)[C@@H]1CC(=O)CN1C.COC(=O)[C@@H]1C[C@@H](O)CN1C.COC(=O)[C@@H]1C[C@](O)(CO)CN1C.COC[C@@]1(O)C[C@@H](C(=O)NOC2CCCCO2)N(C)C1.COC[C@@]1(O)C[C@@H](C(=O)O)N(C)C1.COC[C@@]1(O)C[C@@H](C(=O)OC)N(C)C1.COC[C@]1(O)CN[C@H](C(=O)NOC2CCCCO2)C1. The lowest BCUT2D eigenvalue weighted by Gasteiger charge is -2.26. The maximum atomic E-state index is 13.5. The lowest BCUT2D eigenvalue weighted by molar-refractivity contribution is -0.202. The van der Waals surface area contributed by atoms with Crippen molar-refractivity contribution in [1.29, 1.82) is 0 Å². The first-order valence-corrected chi connectivity index (χ1v) is 49.8. The number of carbonyl (C=O) groups is 11. The number of nitrogens with zero attached hydrogens (tertiary/aromatic N) is 8. The number of amides is 4. The number of carbonyl (C=O) groups excluding carboxylic acids is 10. The molecule has 14 rings (SSSR count). The van der Waals surface area contributed by atoms with Crippen LogP contribution in [0, 0.1) is 0 Å². The minimum Gasteiger partial charge on any atom is -0.480 e. The van der Waals surface area contributed by atoms with E-state index in [1.807, 2.05) is 24.1 Å². The van der Waals surface area contributed by atoms with E-state index in [0.29, 0.717) is 110 Å². The largest absolute Gasteiger partial charge is 0.480 e. The Morgan fingerprint density at radius 3 is 1.16 bits per heavy atom. The van der Waals surface area contributed by atoms with Crippen molar-refractivity contribution in [2.24, 2.45) is 0 Å². The van der Waals surface area contributed by atoms with Crippen LogP contribution in [-0.4, -0.2) is 502 Å². The fourth-order valence-electron chi connectivity index (χ4n) is 19.5. The Labute approximate surface area is 867 Å². The molecular weight excluding hydrogens is 1950 g/mol. The lowest BCUT2D eigenvalue weighted by Crippen LogP contribution is -2.47. The van der Waals surface area contributed by atoms with Gasteiger partial charge in [-0.15, -0.1) is 0 Å². The summed E-state index contributed by atoms with van der Waals surface area (Å²) >= 11 is 0. The molecule has 0 aromatic heterocycles. The van der Waals surface area contributed by atoms with Crippen molar-refractivity contribution >= 4 is 65.2 Å². The van der Waals surface area contributed by atoms with Gasteiger partial charge in [0.2, 0.25) is 0 Å². The van der Waals surface area contributed by atoms with E-state index in [9.17, 15) is 83.4 Å². The number of hydrogen-bond acceptors (Lipinski definition) is 43. The summed E-state index contributed by atoms with van der Waals surface area (Å²) in [5.74, 6) is -3.58. The molecule has 0 saturated carbocycles. The number of aliphatic hydroxyl groups excluding tert-OH is 2. The van der Waals surface area contributed by atoms with Crippen molar-refractivity contribution in [1.82, 2.24) is 61.0 Å². The third-order valence-corrected chi connectivity index (χ3v) is 27.1. The maximum Gasteiger partial charge on any atom is 0.323 e. The van der Waals surface area contributed by atoms with Crippen molar-refractivity contribution in [3.8, 4) is 11.1 Å². The molecule has 48 nitrogen and oxygen atoms in total. The van der Waals surface area contributed by atoms with E-state index in [0.717, 1.165) is 93.9 Å². The molecule has 48 heteroatoms. The zero-order valence-electron chi connectivity index (χ0n) is 89.3. The van der Waals surface area contributed by atoms with Crippen LogP contribution in [0.1, 0.15) is 145 Å². The summed E-state index contributed by atoms with van der Waals surface area (Å²) in [4.78, 5) is 157. The molecule has 12 fully saturated rings. The van der Waals surface area contributed by atoms with Crippen molar-refractivity contribution in [3.63, 3.8) is 0 Å². The Kier molecular flexibility index (Phi) is 54.2. The number of ether oxygens (including phenoxy) is 13. The molecule has 2 aromatic rings. The predicted octanol–water partition coefficient (Wildman–Crippen LogP) is -1.53. The highest BCUT2D eigenvalue weighted by Gasteiger charge is 2.52. The number of ketones is 1. The van der Waals surface area contributed by atoms with Crippen molar-refractivity contribution in [2.75, 3.05) is 239 Å². The van der Waals surface area contributed by atoms with Crippen LogP contribution in [0.25, 0.3) is 11.1 Å². The Balaban J connectivity index is 0.000000263. The van der Waals surface area contributed by atoms with E-state index < -0.39 is 82.0 Å². The molecule has 4 amide bonds. The Morgan fingerprint density at radius 1 is 0.426 bits per heavy atom. The van der Waals surface area contributed by atoms with Crippen LogP contribution >= 0.6 is 0 Å². The molecule has 842 valence electrons. The number of methoxy groups -OCH3 is 10. The maximum absolute atomic E-state index is 13.5. The summed E-state index contributed by atoms with van der Waals surface area (Å²) in [5.41, 5.74) is 5.82. The van der Waals surface area contributed by atoms with Gasteiger partial charge in [-0.05, 0) is 130 Å². The van der Waals surface area contributed by atoms with E-state index in [2.05, 4.69) is 83.2 Å². The highest BCUT2D eigenvalue weighted by molar-refractivity contribution is 5.98. The van der Waals surface area contributed by atoms with Gasteiger partial charge in [0.05, 0.1) is 106 Å². The molecule has 13 N–H and O–H groups in total. The summed E-state index contributed by atoms with van der Waals surface area (Å²) in [6, 6.07) is 11.8. The first kappa shape index (κ1) is 128. The number of benzene rings is 2. The van der Waals surface area contributed by atoms with Gasteiger partial charge < -0.3 is 118 Å². The summed E-state index contributed by atoms with van der Waals surface area (Å²) in [5, 5.41) is 90.7. The van der Waals surface area contributed by atoms with Crippen LogP contribution in [0.5, 0.6) is 0 Å². The van der Waals surface area contributed by atoms with Crippen molar-refractivity contribution in [3.05, 3.63) is 71.8 Å². The van der Waals surface area contributed by atoms with E-state index in [-0.39, 0.29) is 162 Å². The molecule has 148 heavy (non-hydrogen) atoms. The van der Waals surface area contributed by atoms with Crippen LogP contribution in [-0.2, 0) is 130 Å². The van der Waals surface area contributed by atoms with Crippen LogP contribution in [0.3, 0.4) is 0 Å². The average molecular weight is 2110 g/mol. The molecule has 3 unspecified atom stereocenters. The Morgan fingerprint density at radius 2 is 0.791 bits per heavy atom. The third kappa shape index (κ3) is 40.5. The van der Waals surface area contributed by atoms with E-state index >= 15 is 0 Å². The number of aliphatic hydroxyl groups is 8. The summed E-state index contributed by atoms with van der Waals surface area (Å²) < 4.78 is 64.0. The van der Waals surface area contributed by atoms with Gasteiger partial charge in [0.15, 0.2) is 18.9 Å². The predicted molar refractivity (Wildman–Crippen MR) is 531 cm³/mol. The van der Waals surface area contributed by atoms with Gasteiger partial charge in [-0.3, -0.25) is 87.0 Å². The van der Waals surface area contributed by atoms with Crippen LogP contribution in [0.15, 0.2) is 60.7 Å². The van der Waals surface area contributed by atoms with Crippen LogP contribution in [0.2, 0.25) is 0 Å². The third-order valence-electron chi connectivity index (χ3n) is 27.1. The van der Waals surface area contributed by atoms with Crippen LogP contribution in [0.4, 0.5) is 0 Å². The number of esters is 5. The lowest BCUT2D eigenvalue weighted by atomic mass is 10.0. The first-order valence-electron chi connectivity index (χ1n) is 49.8. The van der Waals surface area contributed by atoms with E-state index in [1.54, 1.807) is 83.8 Å². The highest BCUT2D eigenvalue weighted by Crippen LogP contribution is 2.35. The molecule has 12 saturated heterocycles. The van der Waals surface area contributed by atoms with Crippen LogP contribution < -0.4 is 21.8 Å². The summed E-state index contributed by atoms with van der Waals surface area (Å²) in [7, 11) is 26.8. The minimum atomic E-state index is -1.33. The van der Waals surface area contributed by atoms with Gasteiger partial charge in [0.25, 0.3) is 23.6 Å². The number of rotatable bonds is 30. The molecule has 0 aliphatic carbocycles. The van der Waals surface area contributed by atoms with Gasteiger partial charge in [0, 0.05) is 177 Å².